The molecule has 0 amide bonds. The van der Waals surface area contributed by atoms with Crippen LogP contribution in [0.1, 0.15) is 0 Å². The van der Waals surface area contributed by atoms with Gasteiger partial charge in [0.1, 0.15) is 5.69 Å². The van der Waals surface area contributed by atoms with Crippen LogP contribution >= 0.6 is 22.7 Å². The van der Waals surface area contributed by atoms with E-state index in [2.05, 4.69) is 355 Å². The van der Waals surface area contributed by atoms with Crippen molar-refractivity contribution in [3.8, 4) is 169 Å². The molecule has 636 valence electrons. The van der Waals surface area contributed by atoms with Crippen molar-refractivity contribution in [3.05, 3.63) is 473 Å². The van der Waals surface area contributed by atoms with Gasteiger partial charge in [0, 0.05) is 120 Å². The molecule has 12 heteroatoms. The summed E-state index contributed by atoms with van der Waals surface area (Å²) < 4.78 is 9.76. The molecule has 0 saturated carbocycles. The molecule has 26 aromatic rings. The van der Waals surface area contributed by atoms with E-state index in [9.17, 15) is 0 Å². The van der Waals surface area contributed by atoms with Crippen molar-refractivity contribution in [2.75, 3.05) is 0 Å². The third-order valence-corrected chi connectivity index (χ3v) is 28.1. The van der Waals surface area contributed by atoms with Crippen LogP contribution < -0.4 is 0 Å². The van der Waals surface area contributed by atoms with Crippen molar-refractivity contribution in [2.45, 2.75) is 0 Å². The molecule has 0 bridgehead atoms. The Kier molecular flexibility index (Phi) is 20.4. The second-order valence-electron chi connectivity index (χ2n) is 34.0. The zero-order valence-electron chi connectivity index (χ0n) is 73.3. The van der Waals surface area contributed by atoms with Crippen molar-refractivity contribution in [3.63, 3.8) is 0 Å². The van der Waals surface area contributed by atoms with Gasteiger partial charge in [-0.3, -0.25) is 4.98 Å². The van der Waals surface area contributed by atoms with Crippen LogP contribution in [-0.4, -0.2) is 49.0 Å². The van der Waals surface area contributed by atoms with E-state index in [-0.39, 0.29) is 0 Å². The monoisotopic (exact) mass is 1770 g/mol. The Bertz CT molecular complexity index is 8700. The molecule has 26 rings (SSSR count). The van der Waals surface area contributed by atoms with Gasteiger partial charge in [0.2, 0.25) is 0 Å². The Labute approximate surface area is 792 Å². The van der Waals surface area contributed by atoms with Crippen LogP contribution in [0.2, 0.25) is 0 Å². The van der Waals surface area contributed by atoms with Crippen molar-refractivity contribution in [1.29, 1.82) is 0 Å². The fourth-order valence-electron chi connectivity index (χ4n) is 19.2. The third kappa shape index (κ3) is 14.9. The number of thiophene rings is 2. The highest BCUT2D eigenvalue weighted by Gasteiger charge is 2.27. The SMILES string of the molecule is c1ccc(-c2cc(-c3ccccc3)cc(-c3ccc(-c4ccc5sc6c(ccc7c8ccccc8n(-c8ccccc8)c76)c5c4)c(-c4nc(-c5ccccc5)nc(-c5ccccc5)n4)n3)c2)cc1.c1ccc(-c2cc(-c3ccccc3)cc(-c3cnc(-c4ccc5c(c4)sc4c5ccc5c6ccccc6n(-c6ccccc6)c54)c(-c4nc(-c5ccccc5)nc(-c5ccccc5)n4)c3)c2)cc1. The Morgan fingerprint density at radius 1 is 0.176 bits per heavy atom. The number of para-hydroxylation sites is 4. The molecule has 0 aliphatic heterocycles. The summed E-state index contributed by atoms with van der Waals surface area (Å²) in [5.41, 5.74) is 28.9. The first-order chi connectivity index (χ1) is 67.4. The molecule has 0 aliphatic rings. The lowest BCUT2D eigenvalue weighted by molar-refractivity contribution is 1.06. The standard InChI is InChI=1S/2C62H39N5S/c1-6-18-40(19-7-1)45-36-46(41-20-8-2-9-21-41)38-47(37-45)54-34-33-49(57(63-54)62-65-60(42-22-10-3-11-23-42)64-61(66-62)43-24-12-4-13-25-43)44-30-35-56-53(39-44)52-32-31-51-50-28-16-17-29-55(50)67(58(51)59(52)68-56)48-26-14-5-15-27-48;1-6-18-40(19-7-1)45-34-46(41-20-8-2-9-21-41)36-47(35-45)48-37-54(62-65-60(42-22-10-3-11-23-42)64-61(66-62)43-24-12-4-13-25-43)57(63-39-48)44-30-31-51-53-33-32-52-50-28-16-17-29-55(50)67(49-26-14-5-15-27-49)58(52)59(53)68-56(51)38-44/h2*1-39H. The van der Waals surface area contributed by atoms with Gasteiger partial charge in [-0.15, -0.1) is 22.7 Å². The van der Waals surface area contributed by atoms with Gasteiger partial charge in [-0.2, -0.15) is 0 Å². The number of fused-ring (bicyclic) bond motifs is 14. The lowest BCUT2D eigenvalue weighted by atomic mass is 9.92. The molecule has 0 radical (unpaired) electrons. The number of benzene rings is 18. The molecular weight excluding hydrogens is 1690 g/mol. The van der Waals surface area contributed by atoms with Crippen molar-refractivity contribution in [2.24, 2.45) is 0 Å². The highest BCUT2D eigenvalue weighted by molar-refractivity contribution is 7.27. The first kappa shape index (κ1) is 80.4. The average molecular weight is 1770 g/mol. The maximum Gasteiger partial charge on any atom is 0.183 e. The normalized spacial score (nSPS) is 11.5. The van der Waals surface area contributed by atoms with Crippen LogP contribution in [0.4, 0.5) is 0 Å². The molecule has 0 N–H and O–H groups in total. The van der Waals surface area contributed by atoms with Gasteiger partial charge in [-0.25, -0.2) is 34.9 Å². The average Bonchev–Trinajstić information content (AvgIpc) is 1.56. The van der Waals surface area contributed by atoms with Gasteiger partial charge in [0.15, 0.2) is 34.9 Å². The summed E-state index contributed by atoms with van der Waals surface area (Å²) in [6, 6.07) is 165. The Morgan fingerprint density at radius 2 is 0.522 bits per heavy atom. The maximum absolute atomic E-state index is 5.62. The summed E-state index contributed by atoms with van der Waals surface area (Å²) >= 11 is 3.68. The molecule has 136 heavy (non-hydrogen) atoms. The van der Waals surface area contributed by atoms with Crippen LogP contribution in [0.3, 0.4) is 0 Å². The van der Waals surface area contributed by atoms with Gasteiger partial charge in [-0.05, 0) is 165 Å². The Hall–Kier alpha value is -17.7. The molecule has 0 saturated heterocycles. The van der Waals surface area contributed by atoms with Crippen molar-refractivity contribution in [1.82, 2.24) is 49.0 Å². The smallest absolute Gasteiger partial charge is 0.183 e. The van der Waals surface area contributed by atoms with Gasteiger partial charge < -0.3 is 9.13 Å². The number of nitrogens with zero attached hydrogens (tertiary/aromatic N) is 10. The molecule has 18 aromatic carbocycles. The molecule has 0 aliphatic carbocycles. The summed E-state index contributed by atoms with van der Waals surface area (Å²) in [5, 5.41) is 9.83. The Balaban J connectivity index is 0.000000145. The minimum absolute atomic E-state index is 0.501. The molecule has 0 fully saturated rings. The van der Waals surface area contributed by atoms with E-state index in [0.717, 1.165) is 128 Å². The molecule has 8 heterocycles. The number of rotatable bonds is 16. The molecular formula is C124H78N10S2. The fourth-order valence-corrected chi connectivity index (χ4v) is 21.7. The van der Waals surface area contributed by atoms with Gasteiger partial charge in [0.25, 0.3) is 0 Å². The number of hydrogen-bond acceptors (Lipinski definition) is 10. The predicted octanol–water partition coefficient (Wildman–Crippen LogP) is 32.8. The first-order valence-corrected chi connectivity index (χ1v) is 47.2. The molecule has 0 atom stereocenters. The lowest BCUT2D eigenvalue weighted by Crippen LogP contribution is -2.03. The number of aromatic nitrogens is 10. The lowest BCUT2D eigenvalue weighted by Gasteiger charge is -2.15. The minimum atomic E-state index is 0.501. The van der Waals surface area contributed by atoms with Crippen molar-refractivity contribution >= 4 is 107 Å². The van der Waals surface area contributed by atoms with Gasteiger partial charge in [0.05, 0.1) is 42.9 Å². The summed E-state index contributed by atoms with van der Waals surface area (Å²) in [6.45, 7) is 0. The van der Waals surface area contributed by atoms with E-state index >= 15 is 0 Å². The summed E-state index contributed by atoms with van der Waals surface area (Å²) in [4.78, 5) is 42.2. The largest absolute Gasteiger partial charge is 0.308 e. The number of hydrogen-bond donors (Lipinski definition) is 0. The quantitative estimate of drug-likeness (QED) is 0.0940. The summed E-state index contributed by atoms with van der Waals surface area (Å²) in [7, 11) is 0. The van der Waals surface area contributed by atoms with Crippen LogP contribution in [-0.2, 0) is 0 Å². The summed E-state index contributed by atoms with van der Waals surface area (Å²) in [6.07, 6.45) is 2.01. The number of pyridine rings is 2. The zero-order valence-corrected chi connectivity index (χ0v) is 75.0. The van der Waals surface area contributed by atoms with Crippen LogP contribution in [0.15, 0.2) is 473 Å². The molecule has 0 spiro atoms. The maximum atomic E-state index is 5.62. The van der Waals surface area contributed by atoms with E-state index < -0.39 is 0 Å². The second kappa shape index (κ2) is 34.6. The molecule has 8 aromatic heterocycles. The topological polar surface area (TPSA) is 113 Å². The van der Waals surface area contributed by atoms with Crippen LogP contribution in [0, 0.1) is 0 Å². The van der Waals surface area contributed by atoms with E-state index in [0.29, 0.717) is 40.6 Å². The van der Waals surface area contributed by atoms with E-state index in [1.165, 1.54) is 84.0 Å². The van der Waals surface area contributed by atoms with Crippen molar-refractivity contribution < 1.29 is 0 Å². The van der Waals surface area contributed by atoms with E-state index in [1.807, 2.05) is 150 Å². The predicted molar refractivity (Wildman–Crippen MR) is 566 cm³/mol. The third-order valence-electron chi connectivity index (χ3n) is 25.7. The molecule has 0 unspecified atom stereocenters. The van der Waals surface area contributed by atoms with Crippen LogP contribution in [0.5, 0.6) is 0 Å². The Morgan fingerprint density at radius 3 is 0.963 bits per heavy atom. The second-order valence-corrected chi connectivity index (χ2v) is 36.1. The van der Waals surface area contributed by atoms with E-state index in [1.54, 1.807) is 0 Å². The van der Waals surface area contributed by atoms with Crippen LogP contribution in [0.25, 0.3) is 253 Å². The van der Waals surface area contributed by atoms with Gasteiger partial charge in [-0.1, -0.05) is 358 Å². The van der Waals surface area contributed by atoms with E-state index in [4.69, 9.17) is 39.9 Å². The highest BCUT2D eigenvalue weighted by Crippen LogP contribution is 2.49. The summed E-state index contributed by atoms with van der Waals surface area (Å²) in [5.74, 6) is 3.42. The van der Waals surface area contributed by atoms with Gasteiger partial charge >= 0.3 is 0 Å². The first-order valence-electron chi connectivity index (χ1n) is 45.6. The minimum Gasteiger partial charge on any atom is -0.308 e. The fraction of sp³-hybridized carbons (Fsp3) is 0. The zero-order chi connectivity index (χ0) is 89.9. The molecule has 10 nitrogen and oxygen atoms in total. The highest BCUT2D eigenvalue weighted by atomic mass is 32.1.